The Hall–Kier alpha value is -3.60. The van der Waals surface area contributed by atoms with E-state index in [1.165, 1.54) is 6.26 Å². The standard InChI is InChI=1S/C22H17NO4/c1-25-21-10-7-16(12-23-21)19-14-27-20-11-17(8-9-18(20)22(19)24)26-13-15-5-3-2-4-6-15/h2-12,14H,13H2,1H3. The molecular formula is C22H17NO4. The molecule has 27 heavy (non-hydrogen) atoms. The molecule has 0 bridgehead atoms. The van der Waals surface area contributed by atoms with Gasteiger partial charge in [-0.15, -0.1) is 0 Å². The molecule has 0 saturated heterocycles. The van der Waals surface area contributed by atoms with E-state index in [1.54, 1.807) is 43.6 Å². The van der Waals surface area contributed by atoms with Crippen molar-refractivity contribution >= 4 is 11.0 Å². The fraction of sp³-hybridized carbons (Fsp3) is 0.0909. The molecule has 4 rings (SSSR count). The third-order valence-electron chi connectivity index (χ3n) is 4.25. The van der Waals surface area contributed by atoms with Crippen LogP contribution in [0.1, 0.15) is 5.56 Å². The summed E-state index contributed by atoms with van der Waals surface area (Å²) in [6.45, 7) is 0.451. The summed E-state index contributed by atoms with van der Waals surface area (Å²) in [6, 6.07) is 18.6. The highest BCUT2D eigenvalue weighted by Gasteiger charge is 2.11. The van der Waals surface area contributed by atoms with Gasteiger partial charge in [-0.25, -0.2) is 4.98 Å². The predicted molar refractivity (Wildman–Crippen MR) is 103 cm³/mol. The molecule has 0 aliphatic heterocycles. The van der Waals surface area contributed by atoms with Gasteiger partial charge in [-0.2, -0.15) is 0 Å². The van der Waals surface area contributed by atoms with Crippen molar-refractivity contribution in [3.8, 4) is 22.8 Å². The lowest BCUT2D eigenvalue weighted by atomic mass is 10.1. The van der Waals surface area contributed by atoms with E-state index in [4.69, 9.17) is 13.9 Å². The Balaban J connectivity index is 1.62. The first-order valence-corrected chi connectivity index (χ1v) is 8.47. The number of aromatic nitrogens is 1. The molecule has 0 amide bonds. The van der Waals surface area contributed by atoms with E-state index in [9.17, 15) is 4.79 Å². The average Bonchev–Trinajstić information content (AvgIpc) is 2.73. The van der Waals surface area contributed by atoms with Gasteiger partial charge in [0.25, 0.3) is 0 Å². The SMILES string of the molecule is COc1ccc(-c2coc3cc(OCc4ccccc4)ccc3c2=O)cn1. The molecule has 5 heteroatoms. The number of methoxy groups -OCH3 is 1. The molecule has 2 heterocycles. The largest absolute Gasteiger partial charge is 0.489 e. The number of fused-ring (bicyclic) bond motifs is 1. The summed E-state index contributed by atoms with van der Waals surface area (Å²) in [5, 5.41) is 0.496. The molecule has 5 nitrogen and oxygen atoms in total. The predicted octanol–water partition coefficient (Wildman–Crippen LogP) is 4.44. The van der Waals surface area contributed by atoms with Crippen LogP contribution < -0.4 is 14.9 Å². The first kappa shape index (κ1) is 16.8. The van der Waals surface area contributed by atoms with Gasteiger partial charge < -0.3 is 13.9 Å². The van der Waals surface area contributed by atoms with E-state index < -0.39 is 0 Å². The molecule has 0 spiro atoms. The topological polar surface area (TPSA) is 61.6 Å². The minimum atomic E-state index is -0.113. The molecule has 0 aliphatic carbocycles. The van der Waals surface area contributed by atoms with Crippen molar-refractivity contribution in [1.82, 2.24) is 4.98 Å². The Bertz CT molecular complexity index is 1120. The molecule has 0 saturated carbocycles. The monoisotopic (exact) mass is 359 g/mol. The van der Waals surface area contributed by atoms with Crippen molar-refractivity contribution in [2.24, 2.45) is 0 Å². The van der Waals surface area contributed by atoms with Gasteiger partial charge >= 0.3 is 0 Å². The lowest BCUT2D eigenvalue weighted by molar-refractivity contribution is 0.306. The molecule has 0 N–H and O–H groups in total. The number of rotatable bonds is 5. The maximum absolute atomic E-state index is 12.8. The van der Waals surface area contributed by atoms with Crippen LogP contribution in [0.15, 0.2) is 82.3 Å². The summed E-state index contributed by atoms with van der Waals surface area (Å²) in [4.78, 5) is 17.0. The Morgan fingerprint density at radius 3 is 2.63 bits per heavy atom. The molecule has 0 unspecified atom stereocenters. The minimum absolute atomic E-state index is 0.113. The first-order valence-electron chi connectivity index (χ1n) is 8.47. The molecule has 134 valence electrons. The normalized spacial score (nSPS) is 10.7. The van der Waals surface area contributed by atoms with Crippen molar-refractivity contribution in [3.63, 3.8) is 0 Å². The van der Waals surface area contributed by atoms with Crippen LogP contribution in [0.5, 0.6) is 11.6 Å². The van der Waals surface area contributed by atoms with Gasteiger partial charge in [0.1, 0.15) is 24.2 Å². The Morgan fingerprint density at radius 2 is 1.89 bits per heavy atom. The Morgan fingerprint density at radius 1 is 1.04 bits per heavy atom. The van der Waals surface area contributed by atoms with Gasteiger partial charge in [0.15, 0.2) is 0 Å². The zero-order valence-electron chi connectivity index (χ0n) is 14.7. The van der Waals surface area contributed by atoms with Crippen LogP contribution in [0, 0.1) is 0 Å². The number of hydrogen-bond donors (Lipinski definition) is 0. The van der Waals surface area contributed by atoms with Crippen molar-refractivity contribution in [2.45, 2.75) is 6.61 Å². The van der Waals surface area contributed by atoms with Gasteiger partial charge in [0.2, 0.25) is 11.3 Å². The van der Waals surface area contributed by atoms with Gasteiger partial charge in [-0.05, 0) is 23.8 Å². The number of pyridine rings is 1. The van der Waals surface area contributed by atoms with Crippen LogP contribution in [0.25, 0.3) is 22.1 Å². The van der Waals surface area contributed by atoms with Crippen LogP contribution in [0.4, 0.5) is 0 Å². The second-order valence-corrected chi connectivity index (χ2v) is 6.00. The van der Waals surface area contributed by atoms with E-state index >= 15 is 0 Å². The van der Waals surface area contributed by atoms with E-state index in [1.807, 2.05) is 30.3 Å². The zero-order valence-corrected chi connectivity index (χ0v) is 14.7. The second kappa shape index (κ2) is 7.33. The van der Waals surface area contributed by atoms with Crippen molar-refractivity contribution < 1.29 is 13.9 Å². The lowest BCUT2D eigenvalue weighted by Crippen LogP contribution is -2.05. The van der Waals surface area contributed by atoms with Gasteiger partial charge in [0.05, 0.1) is 18.1 Å². The highest BCUT2D eigenvalue weighted by molar-refractivity contribution is 5.82. The van der Waals surface area contributed by atoms with Gasteiger partial charge in [-0.1, -0.05) is 30.3 Å². The number of ether oxygens (including phenoxy) is 2. The van der Waals surface area contributed by atoms with E-state index in [0.717, 1.165) is 5.56 Å². The highest BCUT2D eigenvalue weighted by atomic mass is 16.5. The lowest BCUT2D eigenvalue weighted by Gasteiger charge is -2.08. The minimum Gasteiger partial charge on any atom is -0.489 e. The van der Waals surface area contributed by atoms with E-state index in [2.05, 4.69) is 4.98 Å². The average molecular weight is 359 g/mol. The van der Waals surface area contributed by atoms with Crippen LogP contribution >= 0.6 is 0 Å². The molecule has 2 aromatic heterocycles. The maximum Gasteiger partial charge on any atom is 0.212 e. The van der Waals surface area contributed by atoms with Crippen LogP contribution in [-0.2, 0) is 6.61 Å². The Kier molecular flexibility index (Phi) is 4.58. The van der Waals surface area contributed by atoms with Gasteiger partial charge in [0, 0.05) is 23.9 Å². The molecule has 0 fully saturated rings. The maximum atomic E-state index is 12.8. The third kappa shape index (κ3) is 3.53. The molecule has 0 aliphatic rings. The van der Waals surface area contributed by atoms with Crippen LogP contribution in [-0.4, -0.2) is 12.1 Å². The summed E-state index contributed by atoms with van der Waals surface area (Å²) in [7, 11) is 1.55. The summed E-state index contributed by atoms with van der Waals surface area (Å²) < 4.78 is 16.5. The highest BCUT2D eigenvalue weighted by Crippen LogP contribution is 2.24. The first-order chi connectivity index (χ1) is 13.2. The fourth-order valence-electron chi connectivity index (χ4n) is 2.80. The molecule has 2 aromatic carbocycles. The molecule has 0 radical (unpaired) electrons. The van der Waals surface area contributed by atoms with Gasteiger partial charge in [-0.3, -0.25) is 4.79 Å². The molecule has 4 aromatic rings. The van der Waals surface area contributed by atoms with E-state index in [0.29, 0.717) is 40.3 Å². The zero-order chi connectivity index (χ0) is 18.6. The van der Waals surface area contributed by atoms with Crippen LogP contribution in [0.3, 0.4) is 0 Å². The van der Waals surface area contributed by atoms with Crippen molar-refractivity contribution in [2.75, 3.05) is 7.11 Å². The third-order valence-corrected chi connectivity index (χ3v) is 4.25. The smallest absolute Gasteiger partial charge is 0.212 e. The summed E-state index contributed by atoms with van der Waals surface area (Å²) in [5.41, 5.74) is 2.57. The quantitative estimate of drug-likeness (QED) is 0.527. The molecular weight excluding hydrogens is 342 g/mol. The second-order valence-electron chi connectivity index (χ2n) is 6.00. The summed E-state index contributed by atoms with van der Waals surface area (Å²) >= 11 is 0. The number of hydrogen-bond acceptors (Lipinski definition) is 5. The van der Waals surface area contributed by atoms with Crippen molar-refractivity contribution in [1.29, 1.82) is 0 Å². The Labute approximate surface area is 155 Å². The number of benzene rings is 2. The number of nitrogens with zero attached hydrogens (tertiary/aromatic N) is 1. The summed E-state index contributed by atoms with van der Waals surface area (Å²) in [6.07, 6.45) is 3.05. The van der Waals surface area contributed by atoms with Crippen molar-refractivity contribution in [3.05, 3.63) is 88.9 Å². The van der Waals surface area contributed by atoms with E-state index in [-0.39, 0.29) is 5.43 Å². The van der Waals surface area contributed by atoms with Crippen LogP contribution in [0.2, 0.25) is 0 Å². The molecule has 0 atom stereocenters. The fourth-order valence-corrected chi connectivity index (χ4v) is 2.80. The summed E-state index contributed by atoms with van der Waals surface area (Å²) in [5.74, 6) is 1.14.